The number of anilines is 1. The summed E-state index contributed by atoms with van der Waals surface area (Å²) in [5.41, 5.74) is 2.81. The van der Waals surface area contributed by atoms with E-state index in [1.165, 1.54) is 12.1 Å². The van der Waals surface area contributed by atoms with E-state index in [1.54, 1.807) is 12.1 Å². The quantitative estimate of drug-likeness (QED) is 0.557. The molecule has 0 radical (unpaired) electrons. The summed E-state index contributed by atoms with van der Waals surface area (Å²) in [5, 5.41) is 6.27. The number of carbonyl (C=O) groups excluding carboxylic acids is 1. The van der Waals surface area contributed by atoms with Crippen molar-refractivity contribution in [3.05, 3.63) is 65.5 Å². The van der Waals surface area contributed by atoms with Crippen molar-refractivity contribution in [3.63, 3.8) is 0 Å². The number of guanidine groups is 1. The van der Waals surface area contributed by atoms with Crippen LogP contribution in [0.5, 0.6) is 0 Å². The molecule has 1 fully saturated rings. The van der Waals surface area contributed by atoms with Crippen molar-refractivity contribution in [2.24, 2.45) is 4.99 Å². The Kier molecular flexibility index (Phi) is 7.65. The van der Waals surface area contributed by atoms with Crippen LogP contribution in [0, 0.1) is 5.82 Å². The highest BCUT2D eigenvalue weighted by molar-refractivity contribution is 5.89. The number of hydrogen-bond acceptors (Lipinski definition) is 2. The van der Waals surface area contributed by atoms with E-state index in [0.717, 1.165) is 55.2 Å². The molecule has 160 valence electrons. The SMILES string of the molecule is CCNC(=NCc1cccc(NC(=O)N2CCCC2)c1)N(C)Cc1ccc(F)cc1. The van der Waals surface area contributed by atoms with Gasteiger partial charge in [-0.05, 0) is 55.2 Å². The molecule has 0 atom stereocenters. The number of nitrogens with one attached hydrogen (secondary N) is 2. The predicted octanol–water partition coefficient (Wildman–Crippen LogP) is 4.05. The maximum Gasteiger partial charge on any atom is 0.321 e. The molecule has 0 unspecified atom stereocenters. The summed E-state index contributed by atoms with van der Waals surface area (Å²) in [7, 11) is 1.96. The van der Waals surface area contributed by atoms with Crippen LogP contribution in [0.3, 0.4) is 0 Å². The van der Waals surface area contributed by atoms with Crippen LogP contribution in [0.2, 0.25) is 0 Å². The third-order valence-electron chi connectivity index (χ3n) is 5.01. The number of halogens is 1. The zero-order valence-electron chi connectivity index (χ0n) is 17.7. The smallest absolute Gasteiger partial charge is 0.321 e. The van der Waals surface area contributed by atoms with Gasteiger partial charge in [0.1, 0.15) is 5.82 Å². The van der Waals surface area contributed by atoms with Gasteiger partial charge in [0.25, 0.3) is 0 Å². The summed E-state index contributed by atoms with van der Waals surface area (Å²) in [4.78, 5) is 20.9. The Morgan fingerprint density at radius 1 is 1.13 bits per heavy atom. The number of urea groups is 1. The highest BCUT2D eigenvalue weighted by Crippen LogP contribution is 2.15. The zero-order chi connectivity index (χ0) is 21.3. The van der Waals surface area contributed by atoms with Gasteiger partial charge in [-0.3, -0.25) is 0 Å². The van der Waals surface area contributed by atoms with Crippen LogP contribution in [0.15, 0.2) is 53.5 Å². The van der Waals surface area contributed by atoms with Crippen LogP contribution in [0.25, 0.3) is 0 Å². The summed E-state index contributed by atoms with van der Waals surface area (Å²) in [6.07, 6.45) is 2.14. The molecule has 0 saturated carbocycles. The fraction of sp³-hybridized carbons (Fsp3) is 0.391. The van der Waals surface area contributed by atoms with E-state index in [9.17, 15) is 9.18 Å². The third-order valence-corrected chi connectivity index (χ3v) is 5.01. The number of hydrogen-bond donors (Lipinski definition) is 2. The number of nitrogens with zero attached hydrogens (tertiary/aromatic N) is 3. The van der Waals surface area contributed by atoms with E-state index in [2.05, 4.69) is 10.6 Å². The minimum absolute atomic E-state index is 0.0412. The molecule has 1 heterocycles. The van der Waals surface area contributed by atoms with Gasteiger partial charge in [-0.2, -0.15) is 0 Å². The van der Waals surface area contributed by atoms with Gasteiger partial charge < -0.3 is 20.4 Å². The Hall–Kier alpha value is -3.09. The van der Waals surface area contributed by atoms with Gasteiger partial charge in [0.2, 0.25) is 0 Å². The van der Waals surface area contributed by atoms with E-state index in [1.807, 2.05) is 48.0 Å². The van der Waals surface area contributed by atoms with Crippen molar-refractivity contribution >= 4 is 17.7 Å². The van der Waals surface area contributed by atoms with Crippen molar-refractivity contribution < 1.29 is 9.18 Å². The molecule has 0 aromatic heterocycles. The lowest BCUT2D eigenvalue weighted by atomic mass is 10.2. The molecule has 2 aromatic rings. The first-order chi connectivity index (χ1) is 14.5. The molecule has 0 aliphatic carbocycles. The lowest BCUT2D eigenvalue weighted by molar-refractivity contribution is 0.222. The molecule has 2 amide bonds. The first-order valence-electron chi connectivity index (χ1n) is 10.4. The summed E-state index contributed by atoms with van der Waals surface area (Å²) < 4.78 is 13.1. The molecule has 1 aliphatic heterocycles. The molecule has 30 heavy (non-hydrogen) atoms. The van der Waals surface area contributed by atoms with Crippen molar-refractivity contribution in [2.75, 3.05) is 32.0 Å². The minimum Gasteiger partial charge on any atom is -0.357 e. The van der Waals surface area contributed by atoms with Gasteiger partial charge >= 0.3 is 6.03 Å². The van der Waals surface area contributed by atoms with E-state index in [-0.39, 0.29) is 11.8 Å². The summed E-state index contributed by atoms with van der Waals surface area (Å²) in [6, 6.07) is 14.2. The number of carbonyl (C=O) groups is 1. The van der Waals surface area contributed by atoms with Crippen molar-refractivity contribution in [1.29, 1.82) is 0 Å². The van der Waals surface area contributed by atoms with Crippen LogP contribution in [-0.4, -0.2) is 48.5 Å². The van der Waals surface area contributed by atoms with Gasteiger partial charge in [-0.1, -0.05) is 24.3 Å². The lowest BCUT2D eigenvalue weighted by Crippen LogP contribution is -2.38. The zero-order valence-corrected chi connectivity index (χ0v) is 17.7. The second kappa shape index (κ2) is 10.6. The molecule has 2 N–H and O–H groups in total. The lowest BCUT2D eigenvalue weighted by Gasteiger charge is -2.22. The summed E-state index contributed by atoms with van der Waals surface area (Å²) >= 11 is 0. The van der Waals surface area contributed by atoms with Crippen molar-refractivity contribution in [2.45, 2.75) is 32.9 Å². The minimum atomic E-state index is -0.237. The largest absolute Gasteiger partial charge is 0.357 e. The first-order valence-corrected chi connectivity index (χ1v) is 10.4. The Labute approximate surface area is 177 Å². The molecule has 0 bridgehead atoms. The average Bonchev–Trinajstić information content (AvgIpc) is 3.28. The second-order valence-electron chi connectivity index (χ2n) is 7.48. The van der Waals surface area contributed by atoms with E-state index in [4.69, 9.17) is 4.99 Å². The highest BCUT2D eigenvalue weighted by atomic mass is 19.1. The summed E-state index contributed by atoms with van der Waals surface area (Å²) in [6.45, 7) is 5.53. The average molecular weight is 412 g/mol. The van der Waals surface area contributed by atoms with Crippen LogP contribution in [0.4, 0.5) is 14.9 Å². The molecule has 1 saturated heterocycles. The normalized spacial score (nSPS) is 14.0. The summed E-state index contributed by atoms with van der Waals surface area (Å²) in [5.74, 6) is 0.534. The van der Waals surface area contributed by atoms with E-state index >= 15 is 0 Å². The maximum absolute atomic E-state index is 13.1. The molecule has 2 aromatic carbocycles. The second-order valence-corrected chi connectivity index (χ2v) is 7.48. The molecule has 3 rings (SSSR count). The molecular weight excluding hydrogens is 381 g/mol. The standard InChI is InChI=1S/C23H30FN5O/c1-3-25-22(28(2)17-18-9-11-20(24)12-10-18)26-16-19-7-6-8-21(15-19)27-23(30)29-13-4-5-14-29/h6-12,15H,3-5,13-14,16-17H2,1-2H3,(H,25,26)(H,27,30). The van der Waals surface area contributed by atoms with Crippen LogP contribution < -0.4 is 10.6 Å². The molecular formula is C23H30FN5O. The highest BCUT2D eigenvalue weighted by Gasteiger charge is 2.17. The Balaban J connectivity index is 1.63. The van der Waals surface area contributed by atoms with Gasteiger partial charge in [-0.25, -0.2) is 14.2 Å². The number of aliphatic imine (C=N–C) groups is 1. The van der Waals surface area contributed by atoms with Crippen molar-refractivity contribution in [3.8, 4) is 0 Å². The monoisotopic (exact) mass is 411 g/mol. The molecule has 7 heteroatoms. The topological polar surface area (TPSA) is 60.0 Å². The fourth-order valence-corrected chi connectivity index (χ4v) is 3.44. The fourth-order valence-electron chi connectivity index (χ4n) is 3.44. The van der Waals surface area contributed by atoms with Crippen LogP contribution >= 0.6 is 0 Å². The Bertz CT molecular complexity index is 862. The number of likely N-dealkylation sites (tertiary alicyclic amines) is 1. The van der Waals surface area contributed by atoms with Crippen molar-refractivity contribution in [1.82, 2.24) is 15.1 Å². The Morgan fingerprint density at radius 3 is 2.57 bits per heavy atom. The van der Waals surface area contributed by atoms with Gasteiger partial charge in [0, 0.05) is 38.9 Å². The number of amides is 2. The third kappa shape index (κ3) is 6.20. The molecule has 0 spiro atoms. The predicted molar refractivity (Wildman–Crippen MR) is 119 cm³/mol. The van der Waals surface area contributed by atoms with Crippen LogP contribution in [0.1, 0.15) is 30.9 Å². The van der Waals surface area contributed by atoms with E-state index < -0.39 is 0 Å². The molecule has 6 nitrogen and oxygen atoms in total. The van der Waals surface area contributed by atoms with E-state index in [0.29, 0.717) is 13.1 Å². The van der Waals surface area contributed by atoms with Crippen LogP contribution in [-0.2, 0) is 13.1 Å². The van der Waals surface area contributed by atoms with Gasteiger partial charge in [0.15, 0.2) is 5.96 Å². The molecule has 1 aliphatic rings. The number of benzene rings is 2. The van der Waals surface area contributed by atoms with Gasteiger partial charge in [-0.15, -0.1) is 0 Å². The maximum atomic E-state index is 13.1. The first kappa shape index (κ1) is 21.6. The van der Waals surface area contributed by atoms with Gasteiger partial charge in [0.05, 0.1) is 6.54 Å². The Morgan fingerprint density at radius 2 is 1.87 bits per heavy atom. The number of rotatable bonds is 6.